The van der Waals surface area contributed by atoms with Gasteiger partial charge in [-0.2, -0.15) is 0 Å². The third-order valence-electron chi connectivity index (χ3n) is 5.72. The average molecular weight is 420 g/mol. The van der Waals surface area contributed by atoms with E-state index >= 15 is 0 Å². The predicted molar refractivity (Wildman–Crippen MR) is 121 cm³/mol. The number of nitrogens with one attached hydrogen (secondary N) is 2. The number of carbonyl (C=O) groups is 2. The van der Waals surface area contributed by atoms with E-state index < -0.39 is 0 Å². The van der Waals surface area contributed by atoms with E-state index in [1.807, 2.05) is 54.7 Å². The number of aromatic amines is 1. The molecule has 0 saturated heterocycles. The number of H-pyrrole nitrogens is 1. The molecule has 0 fully saturated rings. The Morgan fingerprint density at radius 3 is 2.71 bits per heavy atom. The molecule has 2 N–H and O–H groups in total. The van der Waals surface area contributed by atoms with Gasteiger partial charge in [-0.25, -0.2) is 0 Å². The highest BCUT2D eigenvalue weighted by Gasteiger charge is 2.39. The summed E-state index contributed by atoms with van der Waals surface area (Å²) >= 11 is 0. The molecule has 0 aliphatic carbocycles. The number of fused-ring (bicyclic) bond motifs is 2. The predicted octanol–water partition coefficient (Wildman–Crippen LogP) is 4.04. The fourth-order valence-corrected chi connectivity index (χ4v) is 4.15. The molecule has 2 amide bonds. The molecule has 1 aliphatic heterocycles. The van der Waals surface area contributed by atoms with Crippen LogP contribution in [0.1, 0.15) is 53.7 Å². The summed E-state index contributed by atoms with van der Waals surface area (Å²) in [7, 11) is 0. The number of carbonyl (C=O) groups excluding carboxylic acids is 2. The van der Waals surface area contributed by atoms with Crippen LogP contribution in [-0.4, -0.2) is 48.0 Å². The Morgan fingerprint density at radius 2 is 1.84 bits per heavy atom. The van der Waals surface area contributed by atoms with E-state index in [4.69, 9.17) is 4.74 Å². The van der Waals surface area contributed by atoms with E-state index in [1.54, 1.807) is 4.90 Å². The van der Waals surface area contributed by atoms with Gasteiger partial charge in [-0.15, -0.1) is 0 Å². The van der Waals surface area contributed by atoms with Crippen molar-refractivity contribution < 1.29 is 14.3 Å². The second-order valence-electron chi connectivity index (χ2n) is 7.88. The molecule has 162 valence electrons. The van der Waals surface area contributed by atoms with Crippen LogP contribution in [0.3, 0.4) is 0 Å². The molecule has 1 aliphatic rings. The number of hydrogen-bond acceptors (Lipinski definition) is 3. The van der Waals surface area contributed by atoms with Crippen LogP contribution in [-0.2, 0) is 9.53 Å². The third-order valence-corrected chi connectivity index (χ3v) is 5.72. The number of ether oxygens (including phenoxy) is 1. The van der Waals surface area contributed by atoms with Crippen molar-refractivity contribution in [2.24, 2.45) is 0 Å². The van der Waals surface area contributed by atoms with Gasteiger partial charge in [0.05, 0.1) is 6.04 Å². The molecule has 1 aromatic heterocycles. The molecule has 0 radical (unpaired) electrons. The van der Waals surface area contributed by atoms with E-state index in [0.29, 0.717) is 18.7 Å². The normalized spacial score (nSPS) is 15.5. The summed E-state index contributed by atoms with van der Waals surface area (Å²) in [6.07, 6.45) is 4.87. The van der Waals surface area contributed by atoms with Crippen molar-refractivity contribution in [3.8, 4) is 0 Å². The zero-order valence-corrected chi connectivity index (χ0v) is 17.9. The lowest BCUT2D eigenvalue weighted by atomic mass is 9.97. The van der Waals surface area contributed by atoms with Crippen LogP contribution in [0.2, 0.25) is 0 Å². The van der Waals surface area contributed by atoms with Gasteiger partial charge < -0.3 is 19.9 Å². The summed E-state index contributed by atoms with van der Waals surface area (Å²) < 4.78 is 5.54. The van der Waals surface area contributed by atoms with Crippen molar-refractivity contribution in [3.05, 3.63) is 71.4 Å². The number of aromatic nitrogens is 1. The zero-order chi connectivity index (χ0) is 21.6. The molecule has 4 rings (SSSR count). The first-order valence-corrected chi connectivity index (χ1v) is 11.0. The Labute approximate surface area is 182 Å². The molecule has 2 aromatic carbocycles. The minimum absolute atomic E-state index is 0.0222. The highest BCUT2D eigenvalue weighted by molar-refractivity contribution is 6.02. The standard InChI is InChI=1S/C25H29N3O3/c1-2-3-14-31-15-8-13-26-23(29)17-28-24(19-10-4-5-11-20(19)25(28)30)21-16-27-22-12-7-6-9-18(21)22/h4-7,9-12,16,24,27H,2-3,8,13-15,17H2,1H3,(H,26,29). The highest BCUT2D eigenvalue weighted by atomic mass is 16.5. The number of para-hydroxylation sites is 1. The van der Waals surface area contributed by atoms with Crippen LogP contribution in [0.5, 0.6) is 0 Å². The van der Waals surface area contributed by atoms with E-state index in [9.17, 15) is 9.59 Å². The van der Waals surface area contributed by atoms with Gasteiger partial charge in [0.2, 0.25) is 5.91 Å². The molecule has 0 spiro atoms. The Hall–Kier alpha value is -3.12. The largest absolute Gasteiger partial charge is 0.381 e. The maximum Gasteiger partial charge on any atom is 0.255 e. The fraction of sp³-hybridized carbons (Fsp3) is 0.360. The number of unbranched alkanes of at least 4 members (excludes halogenated alkanes) is 1. The van der Waals surface area contributed by atoms with E-state index in [2.05, 4.69) is 17.2 Å². The van der Waals surface area contributed by atoms with E-state index in [1.165, 1.54) is 0 Å². The minimum Gasteiger partial charge on any atom is -0.381 e. The van der Waals surface area contributed by atoms with Crippen LogP contribution in [0.15, 0.2) is 54.7 Å². The maximum absolute atomic E-state index is 13.2. The minimum atomic E-state index is -0.289. The number of nitrogens with zero attached hydrogens (tertiary/aromatic N) is 1. The molecule has 6 heteroatoms. The van der Waals surface area contributed by atoms with Crippen LogP contribution >= 0.6 is 0 Å². The topological polar surface area (TPSA) is 74.4 Å². The van der Waals surface area contributed by atoms with Crippen molar-refractivity contribution in [1.82, 2.24) is 15.2 Å². The van der Waals surface area contributed by atoms with Gasteiger partial charge in [-0.1, -0.05) is 49.7 Å². The summed E-state index contributed by atoms with van der Waals surface area (Å²) in [6, 6.07) is 15.4. The molecule has 31 heavy (non-hydrogen) atoms. The van der Waals surface area contributed by atoms with E-state index in [0.717, 1.165) is 47.9 Å². The second kappa shape index (κ2) is 9.79. The molecule has 2 heterocycles. The third kappa shape index (κ3) is 4.49. The SMILES string of the molecule is CCCCOCCCNC(=O)CN1C(=O)c2ccccc2C1c1c[nH]c2ccccc12. The Morgan fingerprint density at radius 1 is 1.06 bits per heavy atom. The fourth-order valence-electron chi connectivity index (χ4n) is 4.15. The lowest BCUT2D eigenvalue weighted by molar-refractivity contribution is -0.122. The van der Waals surface area contributed by atoms with Crippen LogP contribution in [0.4, 0.5) is 0 Å². The number of amides is 2. The van der Waals surface area contributed by atoms with Gasteiger partial charge in [0.25, 0.3) is 5.91 Å². The van der Waals surface area contributed by atoms with Crippen molar-refractivity contribution in [3.63, 3.8) is 0 Å². The quantitative estimate of drug-likeness (QED) is 0.487. The zero-order valence-electron chi connectivity index (χ0n) is 17.9. The molecular formula is C25H29N3O3. The molecule has 6 nitrogen and oxygen atoms in total. The van der Waals surface area contributed by atoms with Crippen molar-refractivity contribution in [2.45, 2.75) is 32.2 Å². The monoisotopic (exact) mass is 419 g/mol. The van der Waals surface area contributed by atoms with Crippen LogP contribution < -0.4 is 5.32 Å². The molecule has 3 aromatic rings. The molecule has 0 bridgehead atoms. The first-order valence-electron chi connectivity index (χ1n) is 11.0. The number of benzene rings is 2. The summed E-state index contributed by atoms with van der Waals surface area (Å²) in [6.45, 7) is 4.08. The average Bonchev–Trinajstić information content (AvgIpc) is 3.32. The first-order chi connectivity index (χ1) is 15.2. The van der Waals surface area contributed by atoms with Crippen LogP contribution in [0.25, 0.3) is 10.9 Å². The van der Waals surface area contributed by atoms with Gasteiger partial charge in [-0.05, 0) is 30.5 Å². The molecule has 1 unspecified atom stereocenters. The molecular weight excluding hydrogens is 390 g/mol. The lowest BCUT2D eigenvalue weighted by Gasteiger charge is -2.25. The lowest BCUT2D eigenvalue weighted by Crippen LogP contribution is -2.40. The van der Waals surface area contributed by atoms with Crippen LogP contribution in [0, 0.1) is 0 Å². The summed E-state index contributed by atoms with van der Waals surface area (Å²) in [5.41, 5.74) is 3.62. The smallest absolute Gasteiger partial charge is 0.255 e. The van der Waals surface area contributed by atoms with Gasteiger partial charge in [0, 0.05) is 48.0 Å². The number of hydrogen-bond donors (Lipinski definition) is 2. The number of rotatable bonds is 10. The van der Waals surface area contributed by atoms with E-state index in [-0.39, 0.29) is 24.4 Å². The van der Waals surface area contributed by atoms with Crippen molar-refractivity contribution >= 4 is 22.7 Å². The van der Waals surface area contributed by atoms with Gasteiger partial charge in [-0.3, -0.25) is 9.59 Å². The highest BCUT2D eigenvalue weighted by Crippen LogP contribution is 2.40. The Kier molecular flexibility index (Phi) is 6.67. The van der Waals surface area contributed by atoms with Crippen molar-refractivity contribution in [1.29, 1.82) is 0 Å². The second-order valence-corrected chi connectivity index (χ2v) is 7.88. The Balaban J connectivity index is 1.47. The summed E-state index contributed by atoms with van der Waals surface area (Å²) in [4.78, 5) is 30.8. The summed E-state index contributed by atoms with van der Waals surface area (Å²) in [5, 5.41) is 3.99. The van der Waals surface area contributed by atoms with Crippen molar-refractivity contribution in [2.75, 3.05) is 26.3 Å². The molecule has 0 saturated carbocycles. The van der Waals surface area contributed by atoms with Gasteiger partial charge in [0.1, 0.15) is 6.54 Å². The van der Waals surface area contributed by atoms with Gasteiger partial charge >= 0.3 is 0 Å². The van der Waals surface area contributed by atoms with Gasteiger partial charge in [0.15, 0.2) is 0 Å². The maximum atomic E-state index is 13.2. The Bertz CT molecular complexity index is 1060. The summed E-state index contributed by atoms with van der Waals surface area (Å²) in [5.74, 6) is -0.261. The molecule has 1 atom stereocenters. The first kappa shape index (κ1) is 21.1.